The average molecular weight is 298 g/mol. The molecule has 0 aliphatic heterocycles. The molecule has 1 unspecified atom stereocenters. The largest absolute Gasteiger partial charge is 0.480 e. The highest BCUT2D eigenvalue weighted by Crippen LogP contribution is 2.27. The van der Waals surface area contributed by atoms with Crippen LogP contribution in [0.25, 0.3) is 0 Å². The Morgan fingerprint density at radius 1 is 1.19 bits per heavy atom. The molecule has 5 nitrogen and oxygen atoms in total. The van der Waals surface area contributed by atoms with E-state index in [1.807, 2.05) is 20.8 Å². The molecule has 5 heteroatoms. The van der Waals surface area contributed by atoms with E-state index in [9.17, 15) is 14.7 Å². The fourth-order valence-electron chi connectivity index (χ4n) is 3.01. The molecule has 0 aromatic rings. The Kier molecular flexibility index (Phi) is 6.49. The highest BCUT2D eigenvalue weighted by molar-refractivity contribution is 5.83. The van der Waals surface area contributed by atoms with Crippen molar-refractivity contribution in [2.24, 2.45) is 11.3 Å². The van der Waals surface area contributed by atoms with Crippen LogP contribution in [0.5, 0.6) is 0 Å². The standard InChI is InChI=1S/C16H30N2O3/c1-5-6-11-7-9-12(10-8-11)17-15(21)18-13(14(19)20)16(2,3)4/h11-13H,5-10H2,1-4H3,(H,19,20)(H2,17,18,21). The number of carboxylic acid groups (broad SMARTS) is 1. The number of nitrogens with one attached hydrogen (secondary N) is 2. The Labute approximate surface area is 127 Å². The fraction of sp³-hybridized carbons (Fsp3) is 0.875. The van der Waals surface area contributed by atoms with E-state index in [0.29, 0.717) is 0 Å². The molecule has 0 aromatic heterocycles. The molecule has 2 amide bonds. The molecule has 1 atom stereocenters. The number of carbonyl (C=O) groups excluding carboxylic acids is 1. The molecule has 1 aliphatic rings. The van der Waals surface area contributed by atoms with Crippen LogP contribution in [-0.2, 0) is 4.79 Å². The molecule has 1 fully saturated rings. The van der Waals surface area contributed by atoms with Crippen LogP contribution in [-0.4, -0.2) is 29.2 Å². The zero-order valence-corrected chi connectivity index (χ0v) is 13.7. The highest BCUT2D eigenvalue weighted by Gasteiger charge is 2.33. The van der Waals surface area contributed by atoms with E-state index in [1.165, 1.54) is 12.8 Å². The lowest BCUT2D eigenvalue weighted by Crippen LogP contribution is -2.54. The Morgan fingerprint density at radius 3 is 2.19 bits per heavy atom. The van der Waals surface area contributed by atoms with Crippen molar-refractivity contribution in [1.29, 1.82) is 0 Å². The molecule has 0 spiro atoms. The second-order valence-corrected chi connectivity index (χ2v) is 7.26. The number of carboxylic acids is 1. The van der Waals surface area contributed by atoms with E-state index < -0.39 is 17.4 Å². The van der Waals surface area contributed by atoms with E-state index in [4.69, 9.17) is 0 Å². The monoisotopic (exact) mass is 298 g/mol. The van der Waals surface area contributed by atoms with Gasteiger partial charge in [0.2, 0.25) is 0 Å². The average Bonchev–Trinajstić information content (AvgIpc) is 2.37. The summed E-state index contributed by atoms with van der Waals surface area (Å²) in [6, 6.07) is -1.07. The summed E-state index contributed by atoms with van der Waals surface area (Å²) in [6.45, 7) is 7.63. The smallest absolute Gasteiger partial charge is 0.326 e. The van der Waals surface area contributed by atoms with E-state index in [-0.39, 0.29) is 12.1 Å². The number of aliphatic carboxylic acids is 1. The highest BCUT2D eigenvalue weighted by atomic mass is 16.4. The normalized spacial score (nSPS) is 24.2. The molecular formula is C16H30N2O3. The summed E-state index contributed by atoms with van der Waals surface area (Å²) in [4.78, 5) is 23.2. The maximum Gasteiger partial charge on any atom is 0.326 e. The lowest BCUT2D eigenvalue weighted by Gasteiger charge is -2.31. The van der Waals surface area contributed by atoms with Gasteiger partial charge >= 0.3 is 12.0 Å². The van der Waals surface area contributed by atoms with Gasteiger partial charge in [0.15, 0.2) is 0 Å². The van der Waals surface area contributed by atoms with Crippen molar-refractivity contribution < 1.29 is 14.7 Å². The van der Waals surface area contributed by atoms with Gasteiger partial charge in [-0.3, -0.25) is 0 Å². The van der Waals surface area contributed by atoms with Crippen molar-refractivity contribution in [2.45, 2.75) is 78.3 Å². The molecule has 1 saturated carbocycles. The van der Waals surface area contributed by atoms with Gasteiger partial charge in [0, 0.05) is 6.04 Å². The fourth-order valence-corrected chi connectivity index (χ4v) is 3.01. The number of hydrogen-bond donors (Lipinski definition) is 3. The molecule has 1 rings (SSSR count). The van der Waals surface area contributed by atoms with Crippen molar-refractivity contribution in [1.82, 2.24) is 10.6 Å². The van der Waals surface area contributed by atoms with Gasteiger partial charge in [-0.15, -0.1) is 0 Å². The summed E-state index contributed by atoms with van der Waals surface area (Å²) >= 11 is 0. The third-order valence-corrected chi connectivity index (χ3v) is 4.27. The van der Waals surface area contributed by atoms with Gasteiger partial charge < -0.3 is 15.7 Å². The van der Waals surface area contributed by atoms with Crippen LogP contribution < -0.4 is 10.6 Å². The second-order valence-electron chi connectivity index (χ2n) is 7.26. The van der Waals surface area contributed by atoms with Crippen LogP contribution in [0.1, 0.15) is 66.2 Å². The minimum absolute atomic E-state index is 0.174. The Morgan fingerprint density at radius 2 is 1.76 bits per heavy atom. The van der Waals surface area contributed by atoms with Crippen molar-refractivity contribution in [3.63, 3.8) is 0 Å². The Bertz CT molecular complexity index is 355. The number of rotatable bonds is 5. The number of urea groups is 1. The lowest BCUT2D eigenvalue weighted by molar-refractivity contribution is -0.141. The first kappa shape index (κ1) is 17.8. The summed E-state index contributed by atoms with van der Waals surface area (Å²) in [5.41, 5.74) is -0.512. The molecule has 3 N–H and O–H groups in total. The molecule has 21 heavy (non-hydrogen) atoms. The quantitative estimate of drug-likeness (QED) is 0.729. The van der Waals surface area contributed by atoms with Gasteiger partial charge in [0.25, 0.3) is 0 Å². The summed E-state index contributed by atoms with van der Waals surface area (Å²) in [6.07, 6.45) is 6.77. The minimum atomic E-state index is -0.996. The first-order chi connectivity index (χ1) is 9.74. The van der Waals surface area contributed by atoms with E-state index in [1.54, 1.807) is 0 Å². The van der Waals surface area contributed by atoms with Gasteiger partial charge in [-0.25, -0.2) is 9.59 Å². The topological polar surface area (TPSA) is 78.4 Å². The van der Waals surface area contributed by atoms with Gasteiger partial charge in [0.05, 0.1) is 0 Å². The Balaban J connectivity index is 2.42. The molecule has 0 heterocycles. The molecule has 0 bridgehead atoms. The Hall–Kier alpha value is -1.26. The van der Waals surface area contributed by atoms with Crippen LogP contribution in [0.2, 0.25) is 0 Å². The maximum absolute atomic E-state index is 12.0. The molecule has 0 radical (unpaired) electrons. The van der Waals surface area contributed by atoms with Gasteiger partial charge in [-0.1, -0.05) is 40.5 Å². The van der Waals surface area contributed by atoms with Crippen LogP contribution >= 0.6 is 0 Å². The first-order valence-electron chi connectivity index (χ1n) is 8.03. The van der Waals surface area contributed by atoms with Crippen molar-refractivity contribution in [3.8, 4) is 0 Å². The molecular weight excluding hydrogens is 268 g/mol. The summed E-state index contributed by atoms with van der Waals surface area (Å²) in [7, 11) is 0. The third kappa shape index (κ3) is 5.94. The third-order valence-electron chi connectivity index (χ3n) is 4.27. The van der Waals surface area contributed by atoms with E-state index >= 15 is 0 Å². The summed E-state index contributed by atoms with van der Waals surface area (Å²) in [5, 5.41) is 14.7. The van der Waals surface area contributed by atoms with Gasteiger partial charge in [0.1, 0.15) is 6.04 Å². The molecule has 0 aromatic carbocycles. The number of carbonyl (C=O) groups is 2. The van der Waals surface area contributed by atoms with E-state index in [2.05, 4.69) is 17.6 Å². The van der Waals surface area contributed by atoms with Crippen molar-refractivity contribution >= 4 is 12.0 Å². The maximum atomic E-state index is 12.0. The number of hydrogen-bond acceptors (Lipinski definition) is 2. The first-order valence-corrected chi connectivity index (χ1v) is 8.03. The lowest BCUT2D eigenvalue weighted by atomic mass is 9.83. The molecule has 122 valence electrons. The zero-order valence-electron chi connectivity index (χ0n) is 13.7. The van der Waals surface area contributed by atoms with Gasteiger partial charge in [-0.2, -0.15) is 0 Å². The SMILES string of the molecule is CCCC1CCC(NC(=O)NC(C(=O)O)C(C)(C)C)CC1. The zero-order chi connectivity index (χ0) is 16.0. The van der Waals surface area contributed by atoms with Crippen LogP contribution in [0.3, 0.4) is 0 Å². The van der Waals surface area contributed by atoms with Crippen LogP contribution in [0.15, 0.2) is 0 Å². The predicted molar refractivity (Wildman–Crippen MR) is 83.2 cm³/mol. The van der Waals surface area contributed by atoms with E-state index in [0.717, 1.165) is 31.6 Å². The number of amides is 2. The molecule has 1 aliphatic carbocycles. The van der Waals surface area contributed by atoms with Crippen LogP contribution in [0.4, 0.5) is 4.79 Å². The van der Waals surface area contributed by atoms with Crippen LogP contribution in [0, 0.1) is 11.3 Å². The summed E-state index contributed by atoms with van der Waals surface area (Å²) < 4.78 is 0. The summed E-state index contributed by atoms with van der Waals surface area (Å²) in [5.74, 6) is -0.207. The minimum Gasteiger partial charge on any atom is -0.480 e. The van der Waals surface area contributed by atoms with Crippen molar-refractivity contribution in [2.75, 3.05) is 0 Å². The van der Waals surface area contributed by atoms with Gasteiger partial charge in [-0.05, 0) is 37.0 Å². The second kappa shape index (κ2) is 7.66. The van der Waals surface area contributed by atoms with Crippen molar-refractivity contribution in [3.05, 3.63) is 0 Å². The predicted octanol–water partition coefficient (Wildman–Crippen LogP) is 3.14. The molecule has 0 saturated heterocycles.